The van der Waals surface area contributed by atoms with Gasteiger partial charge in [-0.3, -0.25) is 4.79 Å². The molecule has 1 unspecified atom stereocenters. The summed E-state index contributed by atoms with van der Waals surface area (Å²) in [7, 11) is 0. The van der Waals surface area contributed by atoms with Gasteiger partial charge in [0.15, 0.2) is 0 Å². The van der Waals surface area contributed by atoms with Crippen LogP contribution in [0.2, 0.25) is 0 Å². The summed E-state index contributed by atoms with van der Waals surface area (Å²) in [6.07, 6.45) is 1.98. The van der Waals surface area contributed by atoms with Crippen LogP contribution >= 0.6 is 43.5 Å². The van der Waals surface area contributed by atoms with Crippen LogP contribution in [0.25, 0.3) is 0 Å². The SMILES string of the molecule is CC(CCl)CCCNC(=O)c1cc(Br)ccc1Br. The van der Waals surface area contributed by atoms with Crippen molar-refractivity contribution in [3.63, 3.8) is 0 Å². The number of amides is 1. The Balaban J connectivity index is 2.43. The Morgan fingerprint density at radius 1 is 1.44 bits per heavy atom. The molecule has 18 heavy (non-hydrogen) atoms. The lowest BCUT2D eigenvalue weighted by Crippen LogP contribution is -2.25. The van der Waals surface area contributed by atoms with Crippen molar-refractivity contribution in [3.8, 4) is 0 Å². The van der Waals surface area contributed by atoms with Gasteiger partial charge in [0.05, 0.1) is 5.56 Å². The van der Waals surface area contributed by atoms with Gasteiger partial charge in [0.25, 0.3) is 5.91 Å². The van der Waals surface area contributed by atoms with Crippen LogP contribution < -0.4 is 5.32 Å². The number of alkyl halides is 1. The first-order valence-corrected chi connectivity index (χ1v) is 7.96. The van der Waals surface area contributed by atoms with Crippen molar-refractivity contribution in [1.82, 2.24) is 5.32 Å². The topological polar surface area (TPSA) is 29.1 Å². The maximum Gasteiger partial charge on any atom is 0.252 e. The third-order valence-electron chi connectivity index (χ3n) is 2.60. The maximum atomic E-state index is 11.9. The molecule has 1 aromatic rings. The molecule has 1 amide bonds. The van der Waals surface area contributed by atoms with Gasteiger partial charge in [-0.15, -0.1) is 11.6 Å². The second-order valence-corrected chi connectivity index (χ2v) is 6.36. The summed E-state index contributed by atoms with van der Waals surface area (Å²) in [5.41, 5.74) is 0.648. The van der Waals surface area contributed by atoms with Gasteiger partial charge in [0.2, 0.25) is 0 Å². The van der Waals surface area contributed by atoms with E-state index in [0.29, 0.717) is 23.9 Å². The van der Waals surface area contributed by atoms with Crippen LogP contribution in [0.4, 0.5) is 0 Å². The van der Waals surface area contributed by atoms with E-state index < -0.39 is 0 Å². The molecule has 1 rings (SSSR count). The quantitative estimate of drug-likeness (QED) is 0.552. The average molecular weight is 398 g/mol. The summed E-state index contributed by atoms with van der Waals surface area (Å²) in [6.45, 7) is 2.79. The Bertz CT molecular complexity index is 412. The molecule has 0 radical (unpaired) electrons. The van der Waals surface area contributed by atoms with Crippen LogP contribution in [-0.2, 0) is 0 Å². The van der Waals surface area contributed by atoms with E-state index in [9.17, 15) is 4.79 Å². The van der Waals surface area contributed by atoms with E-state index >= 15 is 0 Å². The summed E-state index contributed by atoms with van der Waals surface area (Å²) < 4.78 is 1.70. The van der Waals surface area contributed by atoms with Crippen LogP contribution in [0.3, 0.4) is 0 Å². The zero-order valence-electron chi connectivity index (χ0n) is 10.2. The van der Waals surface area contributed by atoms with Crippen molar-refractivity contribution in [1.29, 1.82) is 0 Å². The zero-order chi connectivity index (χ0) is 13.5. The Morgan fingerprint density at radius 2 is 2.17 bits per heavy atom. The molecule has 0 aliphatic carbocycles. The molecule has 0 saturated heterocycles. The molecule has 0 spiro atoms. The Hall–Kier alpha value is -0.0600. The van der Waals surface area contributed by atoms with E-state index in [-0.39, 0.29) is 5.91 Å². The summed E-state index contributed by atoms with van der Waals surface area (Å²) in [4.78, 5) is 11.9. The number of halogens is 3. The van der Waals surface area contributed by atoms with E-state index in [0.717, 1.165) is 21.8 Å². The molecular weight excluding hydrogens is 381 g/mol. The van der Waals surface area contributed by atoms with Gasteiger partial charge in [-0.05, 0) is 52.9 Å². The molecular formula is C13H16Br2ClNO. The number of rotatable bonds is 6. The molecule has 0 aliphatic heterocycles. The van der Waals surface area contributed by atoms with Crippen molar-refractivity contribution >= 4 is 49.4 Å². The highest BCUT2D eigenvalue weighted by Gasteiger charge is 2.10. The van der Waals surface area contributed by atoms with Crippen LogP contribution in [0.15, 0.2) is 27.1 Å². The minimum atomic E-state index is -0.0540. The zero-order valence-corrected chi connectivity index (χ0v) is 14.1. The first-order chi connectivity index (χ1) is 8.54. The Kier molecular flexibility index (Phi) is 7.27. The Labute approximate surface area is 130 Å². The van der Waals surface area contributed by atoms with E-state index in [2.05, 4.69) is 44.1 Å². The number of nitrogens with one attached hydrogen (secondary N) is 1. The molecule has 2 nitrogen and oxygen atoms in total. The number of carbonyl (C=O) groups excluding carboxylic acids is 1. The molecule has 0 aliphatic rings. The molecule has 0 fully saturated rings. The van der Waals surface area contributed by atoms with Gasteiger partial charge in [-0.25, -0.2) is 0 Å². The van der Waals surface area contributed by atoms with Gasteiger partial charge < -0.3 is 5.32 Å². The standard InChI is InChI=1S/C13H16Br2ClNO/c1-9(8-16)3-2-6-17-13(18)11-7-10(14)4-5-12(11)15/h4-5,7,9H,2-3,6,8H2,1H3,(H,17,18). The van der Waals surface area contributed by atoms with Crippen LogP contribution in [-0.4, -0.2) is 18.3 Å². The highest BCUT2D eigenvalue weighted by Crippen LogP contribution is 2.21. The third-order valence-corrected chi connectivity index (χ3v) is 4.31. The first kappa shape index (κ1) is 16.0. The number of hydrogen-bond donors (Lipinski definition) is 1. The predicted octanol–water partition coefficient (Wildman–Crippen LogP) is 4.60. The summed E-state index contributed by atoms with van der Waals surface area (Å²) in [6, 6.07) is 5.55. The van der Waals surface area contributed by atoms with Gasteiger partial charge in [-0.1, -0.05) is 22.9 Å². The lowest BCUT2D eigenvalue weighted by Gasteiger charge is -2.09. The minimum Gasteiger partial charge on any atom is -0.352 e. The summed E-state index contributed by atoms with van der Waals surface area (Å²) >= 11 is 12.5. The molecule has 0 bridgehead atoms. The van der Waals surface area contributed by atoms with E-state index in [1.165, 1.54) is 0 Å². The molecule has 5 heteroatoms. The van der Waals surface area contributed by atoms with Crippen LogP contribution in [0, 0.1) is 5.92 Å². The molecule has 100 valence electrons. The molecule has 1 atom stereocenters. The highest BCUT2D eigenvalue weighted by atomic mass is 79.9. The first-order valence-electron chi connectivity index (χ1n) is 5.83. The normalized spacial score (nSPS) is 12.2. The second kappa shape index (κ2) is 8.18. The third kappa shape index (κ3) is 5.29. The molecule has 1 N–H and O–H groups in total. The fourth-order valence-corrected chi connectivity index (χ4v) is 2.44. The largest absolute Gasteiger partial charge is 0.352 e. The maximum absolute atomic E-state index is 11.9. The van der Waals surface area contributed by atoms with Crippen LogP contribution in [0.1, 0.15) is 30.1 Å². The molecule has 0 aromatic heterocycles. The highest BCUT2D eigenvalue weighted by molar-refractivity contribution is 9.11. The number of carbonyl (C=O) groups is 1. The predicted molar refractivity (Wildman–Crippen MR) is 83.3 cm³/mol. The van der Waals surface area contributed by atoms with Crippen molar-refractivity contribution in [2.24, 2.45) is 5.92 Å². The van der Waals surface area contributed by atoms with Crippen molar-refractivity contribution in [3.05, 3.63) is 32.7 Å². The fraction of sp³-hybridized carbons (Fsp3) is 0.462. The van der Waals surface area contributed by atoms with E-state index in [1.807, 2.05) is 12.1 Å². The number of hydrogen-bond acceptors (Lipinski definition) is 1. The molecule has 0 saturated carbocycles. The van der Waals surface area contributed by atoms with Crippen molar-refractivity contribution in [2.45, 2.75) is 19.8 Å². The van der Waals surface area contributed by atoms with E-state index in [1.54, 1.807) is 6.07 Å². The smallest absolute Gasteiger partial charge is 0.252 e. The minimum absolute atomic E-state index is 0.0540. The lowest BCUT2D eigenvalue weighted by atomic mass is 10.1. The van der Waals surface area contributed by atoms with Crippen molar-refractivity contribution in [2.75, 3.05) is 12.4 Å². The van der Waals surface area contributed by atoms with Gasteiger partial charge in [-0.2, -0.15) is 0 Å². The summed E-state index contributed by atoms with van der Waals surface area (Å²) in [5, 5.41) is 2.91. The van der Waals surface area contributed by atoms with Crippen molar-refractivity contribution < 1.29 is 4.79 Å². The lowest BCUT2D eigenvalue weighted by molar-refractivity contribution is 0.0951. The summed E-state index contributed by atoms with van der Waals surface area (Å²) in [5.74, 6) is 1.12. The monoisotopic (exact) mass is 395 g/mol. The second-order valence-electron chi connectivity index (χ2n) is 4.28. The van der Waals surface area contributed by atoms with Gasteiger partial charge in [0, 0.05) is 21.4 Å². The van der Waals surface area contributed by atoms with Gasteiger partial charge >= 0.3 is 0 Å². The Morgan fingerprint density at radius 3 is 2.83 bits per heavy atom. The number of benzene rings is 1. The molecule has 1 aromatic carbocycles. The van der Waals surface area contributed by atoms with Gasteiger partial charge in [0.1, 0.15) is 0 Å². The molecule has 0 heterocycles. The van der Waals surface area contributed by atoms with Crippen LogP contribution in [0.5, 0.6) is 0 Å². The average Bonchev–Trinajstić information content (AvgIpc) is 2.36. The fourth-order valence-electron chi connectivity index (χ4n) is 1.50. The van der Waals surface area contributed by atoms with E-state index in [4.69, 9.17) is 11.6 Å².